The van der Waals surface area contributed by atoms with Crippen LogP contribution in [0.3, 0.4) is 0 Å². The van der Waals surface area contributed by atoms with Gasteiger partial charge in [-0.25, -0.2) is 18.5 Å². The van der Waals surface area contributed by atoms with E-state index >= 15 is 0 Å². The topological polar surface area (TPSA) is 111 Å². The number of hydrogen-bond donors (Lipinski definition) is 3. The lowest BCUT2D eigenvalue weighted by molar-refractivity contribution is 0.598. The number of nitrogen functional groups attached to an aromatic ring is 1. The van der Waals surface area contributed by atoms with Crippen molar-refractivity contribution in [3.05, 3.63) is 34.3 Å². The highest BCUT2D eigenvalue weighted by molar-refractivity contribution is 7.89. The van der Waals surface area contributed by atoms with E-state index < -0.39 is 10.0 Å². The highest BCUT2D eigenvalue weighted by atomic mass is 32.2. The van der Waals surface area contributed by atoms with Gasteiger partial charge in [-0.15, -0.1) is 11.3 Å². The molecule has 6 nitrogen and oxygen atoms in total. The minimum atomic E-state index is -3.75. The second-order valence-corrected chi connectivity index (χ2v) is 6.94. The molecule has 1 aromatic heterocycles. The zero-order valence-electron chi connectivity index (χ0n) is 11.1. The molecule has 0 radical (unpaired) electrons. The number of thiazole rings is 1. The molecule has 0 aliphatic heterocycles. The Morgan fingerprint density at radius 1 is 1.40 bits per heavy atom. The van der Waals surface area contributed by atoms with Gasteiger partial charge in [-0.1, -0.05) is 0 Å². The maximum absolute atomic E-state index is 11.4. The summed E-state index contributed by atoms with van der Waals surface area (Å²) >= 11 is 1.54. The van der Waals surface area contributed by atoms with E-state index in [4.69, 9.17) is 10.9 Å². The molecule has 108 valence electrons. The van der Waals surface area contributed by atoms with E-state index in [9.17, 15) is 8.42 Å². The third kappa shape index (κ3) is 3.27. The molecule has 0 bridgehead atoms. The Balaban J connectivity index is 2.29. The highest BCUT2D eigenvalue weighted by Gasteiger charge is 2.14. The average Bonchev–Trinajstić information content (AvgIpc) is 2.77. The monoisotopic (exact) mass is 312 g/mol. The standard InChI is InChI=1S/C12H16N4O2S2/c1-7-6-19-12(15-7)8(2)16-11-5-9(20(14,17)18)3-4-10(11)13/h3-6,8,16H,13H2,1-2H3,(H2,14,17,18). The SMILES string of the molecule is Cc1csc(C(C)Nc2cc(S(N)(=O)=O)ccc2N)n1. The molecule has 1 heterocycles. The van der Waals surface area contributed by atoms with E-state index in [1.54, 1.807) is 0 Å². The summed E-state index contributed by atoms with van der Waals surface area (Å²) < 4.78 is 22.7. The zero-order chi connectivity index (χ0) is 14.9. The summed E-state index contributed by atoms with van der Waals surface area (Å²) in [7, 11) is -3.75. The highest BCUT2D eigenvalue weighted by Crippen LogP contribution is 2.27. The lowest BCUT2D eigenvalue weighted by Crippen LogP contribution is -2.14. The summed E-state index contributed by atoms with van der Waals surface area (Å²) in [6.45, 7) is 3.85. The predicted molar refractivity (Wildman–Crippen MR) is 81.1 cm³/mol. The number of nitrogens with two attached hydrogens (primary N) is 2. The maximum atomic E-state index is 11.4. The molecule has 2 aromatic rings. The van der Waals surface area contributed by atoms with Gasteiger partial charge < -0.3 is 11.1 Å². The van der Waals surface area contributed by atoms with Crippen molar-refractivity contribution in [1.29, 1.82) is 0 Å². The number of sulfonamides is 1. The number of hydrogen-bond acceptors (Lipinski definition) is 6. The summed E-state index contributed by atoms with van der Waals surface area (Å²) in [6.07, 6.45) is 0. The van der Waals surface area contributed by atoms with Gasteiger partial charge >= 0.3 is 0 Å². The number of nitrogens with one attached hydrogen (secondary N) is 1. The second kappa shape index (κ2) is 5.39. The first-order valence-electron chi connectivity index (χ1n) is 5.88. The van der Waals surface area contributed by atoms with Crippen LogP contribution >= 0.6 is 11.3 Å². The molecule has 0 saturated carbocycles. The minimum absolute atomic E-state index is 0.0247. The molecule has 0 aliphatic carbocycles. The molecular weight excluding hydrogens is 296 g/mol. The molecule has 2 rings (SSSR count). The zero-order valence-corrected chi connectivity index (χ0v) is 12.8. The van der Waals surface area contributed by atoms with Crippen molar-refractivity contribution in [2.75, 3.05) is 11.1 Å². The molecule has 8 heteroatoms. The van der Waals surface area contributed by atoms with Gasteiger partial charge in [0.1, 0.15) is 5.01 Å². The minimum Gasteiger partial charge on any atom is -0.397 e. The van der Waals surface area contributed by atoms with Crippen LogP contribution in [-0.2, 0) is 10.0 Å². The number of aromatic nitrogens is 1. The molecule has 0 fully saturated rings. The lowest BCUT2D eigenvalue weighted by atomic mass is 10.2. The van der Waals surface area contributed by atoms with Crippen molar-refractivity contribution in [3.63, 3.8) is 0 Å². The number of aryl methyl sites for hydroxylation is 1. The van der Waals surface area contributed by atoms with Crippen molar-refractivity contribution in [3.8, 4) is 0 Å². The van der Waals surface area contributed by atoms with Crippen molar-refractivity contribution in [2.24, 2.45) is 5.14 Å². The number of rotatable bonds is 4. The number of primary sulfonamides is 1. The molecule has 1 aromatic carbocycles. The van der Waals surface area contributed by atoms with E-state index in [1.165, 1.54) is 29.5 Å². The van der Waals surface area contributed by atoms with Crippen molar-refractivity contribution in [2.45, 2.75) is 24.8 Å². The first-order valence-corrected chi connectivity index (χ1v) is 8.31. The van der Waals surface area contributed by atoms with Crippen molar-refractivity contribution >= 4 is 32.7 Å². The first-order chi connectivity index (χ1) is 9.27. The summed E-state index contributed by atoms with van der Waals surface area (Å²) in [5.74, 6) is 0. The van der Waals surface area contributed by atoms with Crippen LogP contribution in [0.15, 0.2) is 28.5 Å². The Bertz CT molecular complexity index is 725. The van der Waals surface area contributed by atoms with Crippen LogP contribution in [0.2, 0.25) is 0 Å². The molecular formula is C12H16N4O2S2. The van der Waals surface area contributed by atoms with Crippen molar-refractivity contribution < 1.29 is 8.42 Å². The van der Waals surface area contributed by atoms with Crippen LogP contribution in [-0.4, -0.2) is 13.4 Å². The van der Waals surface area contributed by atoms with Crippen LogP contribution < -0.4 is 16.2 Å². The van der Waals surface area contributed by atoms with Gasteiger partial charge in [0.25, 0.3) is 0 Å². The third-order valence-corrected chi connectivity index (χ3v) is 4.79. The van der Waals surface area contributed by atoms with Crippen LogP contribution in [0.25, 0.3) is 0 Å². The summed E-state index contributed by atoms with van der Waals surface area (Å²) in [5.41, 5.74) is 7.78. The summed E-state index contributed by atoms with van der Waals surface area (Å²) in [6, 6.07) is 4.25. The molecule has 20 heavy (non-hydrogen) atoms. The molecule has 0 saturated heterocycles. The second-order valence-electron chi connectivity index (χ2n) is 4.49. The van der Waals surface area contributed by atoms with Gasteiger partial charge in [0.2, 0.25) is 10.0 Å². The van der Waals surface area contributed by atoms with Crippen LogP contribution in [0.1, 0.15) is 23.7 Å². The van der Waals surface area contributed by atoms with Crippen molar-refractivity contribution in [1.82, 2.24) is 4.98 Å². The smallest absolute Gasteiger partial charge is 0.238 e. The third-order valence-electron chi connectivity index (χ3n) is 2.73. The molecule has 0 spiro atoms. The van der Waals surface area contributed by atoms with Crippen LogP contribution in [0, 0.1) is 6.92 Å². The maximum Gasteiger partial charge on any atom is 0.238 e. The lowest BCUT2D eigenvalue weighted by Gasteiger charge is -2.15. The van der Waals surface area contributed by atoms with E-state index in [0.717, 1.165) is 10.7 Å². The van der Waals surface area contributed by atoms with Gasteiger partial charge in [0, 0.05) is 11.1 Å². The van der Waals surface area contributed by atoms with Crippen LogP contribution in [0.5, 0.6) is 0 Å². The van der Waals surface area contributed by atoms with E-state index in [2.05, 4.69) is 10.3 Å². The molecule has 1 unspecified atom stereocenters. The Morgan fingerprint density at radius 2 is 2.10 bits per heavy atom. The molecule has 5 N–H and O–H groups in total. The van der Waals surface area contributed by atoms with Crippen LogP contribution in [0.4, 0.5) is 11.4 Å². The number of nitrogens with zero attached hydrogens (tertiary/aromatic N) is 1. The molecule has 1 atom stereocenters. The summed E-state index contributed by atoms with van der Waals surface area (Å²) in [4.78, 5) is 4.40. The fourth-order valence-electron chi connectivity index (χ4n) is 1.70. The average molecular weight is 312 g/mol. The first kappa shape index (κ1) is 14.8. The van der Waals surface area contributed by atoms with E-state index in [0.29, 0.717) is 11.4 Å². The fourth-order valence-corrected chi connectivity index (χ4v) is 3.05. The van der Waals surface area contributed by atoms with Gasteiger partial charge in [0.05, 0.1) is 22.3 Å². The fraction of sp³-hybridized carbons (Fsp3) is 0.250. The number of anilines is 2. The molecule has 0 amide bonds. The predicted octanol–water partition coefficient (Wildman–Crippen LogP) is 1.85. The quantitative estimate of drug-likeness (QED) is 0.746. The number of benzene rings is 1. The Hall–Kier alpha value is -1.64. The largest absolute Gasteiger partial charge is 0.397 e. The van der Waals surface area contributed by atoms with Gasteiger partial charge in [0.15, 0.2) is 0 Å². The van der Waals surface area contributed by atoms with E-state index in [1.807, 2.05) is 19.2 Å². The normalized spacial score (nSPS) is 13.2. The van der Waals surface area contributed by atoms with Gasteiger partial charge in [-0.3, -0.25) is 0 Å². The van der Waals surface area contributed by atoms with Gasteiger partial charge in [-0.2, -0.15) is 0 Å². The Morgan fingerprint density at radius 3 is 2.65 bits per heavy atom. The Labute approximate surface area is 121 Å². The summed E-state index contributed by atoms with van der Waals surface area (Å²) in [5, 5.41) is 11.1. The van der Waals surface area contributed by atoms with E-state index in [-0.39, 0.29) is 10.9 Å². The molecule has 0 aliphatic rings. The van der Waals surface area contributed by atoms with Gasteiger partial charge in [-0.05, 0) is 32.0 Å². The Kier molecular flexibility index (Phi) is 3.98.